The molecule has 1 amide bonds. The Labute approximate surface area is 196 Å². The Morgan fingerprint density at radius 2 is 1.64 bits per heavy atom. The van der Waals surface area contributed by atoms with E-state index >= 15 is 0 Å². The van der Waals surface area contributed by atoms with Crippen LogP contribution in [0.3, 0.4) is 0 Å². The number of furan rings is 1. The number of hydrogen-bond donors (Lipinski definition) is 1. The number of benzene rings is 3. The zero-order chi connectivity index (χ0) is 22.9. The van der Waals surface area contributed by atoms with Crippen LogP contribution in [0.5, 0.6) is 0 Å². The van der Waals surface area contributed by atoms with E-state index in [0.717, 1.165) is 33.3 Å². The minimum atomic E-state index is -0.195. The predicted molar refractivity (Wildman–Crippen MR) is 134 cm³/mol. The first-order chi connectivity index (χ1) is 16.0. The zero-order valence-corrected chi connectivity index (χ0v) is 19.0. The molecule has 0 spiro atoms. The number of para-hydroxylation sites is 1. The highest BCUT2D eigenvalue weighted by Crippen LogP contribution is 2.33. The Kier molecular flexibility index (Phi) is 5.45. The average Bonchev–Trinajstić information content (AvgIpc) is 3.30. The standard InChI is InChI=1S/C28H21ClN2O2/c1-17-11-12-23(18(2)15-17)31-28(32)21-16-25(30-24-10-6-4-7-19(21)24)27-14-13-26(33-27)20-8-3-5-9-22(20)29/h3-16H,1-2H3,(H,31,32). The smallest absolute Gasteiger partial charge is 0.256 e. The molecule has 0 fully saturated rings. The maximum absolute atomic E-state index is 13.3. The molecule has 0 saturated heterocycles. The molecule has 2 aromatic heterocycles. The van der Waals surface area contributed by atoms with E-state index in [9.17, 15) is 4.79 Å². The predicted octanol–water partition coefficient (Wildman–Crippen LogP) is 7.68. The third-order valence-electron chi connectivity index (χ3n) is 5.59. The second kappa shape index (κ2) is 8.57. The lowest BCUT2D eigenvalue weighted by Gasteiger charge is -2.12. The lowest BCUT2D eigenvalue weighted by molar-refractivity contribution is 0.102. The molecule has 5 aromatic rings. The van der Waals surface area contributed by atoms with Crippen molar-refractivity contribution in [2.75, 3.05) is 5.32 Å². The van der Waals surface area contributed by atoms with Crippen molar-refractivity contribution in [2.45, 2.75) is 13.8 Å². The Bertz CT molecular complexity index is 1500. The molecule has 5 rings (SSSR count). The van der Waals surface area contributed by atoms with Crippen LogP contribution in [0, 0.1) is 13.8 Å². The molecule has 0 aliphatic rings. The highest BCUT2D eigenvalue weighted by atomic mass is 35.5. The average molecular weight is 453 g/mol. The number of carbonyl (C=O) groups is 1. The van der Waals surface area contributed by atoms with Crippen molar-refractivity contribution in [1.29, 1.82) is 0 Å². The summed E-state index contributed by atoms with van der Waals surface area (Å²) in [6, 6.07) is 26.6. The van der Waals surface area contributed by atoms with Gasteiger partial charge >= 0.3 is 0 Å². The summed E-state index contributed by atoms with van der Waals surface area (Å²) < 4.78 is 6.09. The van der Waals surface area contributed by atoms with Crippen LogP contribution < -0.4 is 5.32 Å². The minimum absolute atomic E-state index is 0.195. The zero-order valence-electron chi connectivity index (χ0n) is 18.2. The lowest BCUT2D eigenvalue weighted by Crippen LogP contribution is -2.14. The van der Waals surface area contributed by atoms with Gasteiger partial charge in [0.25, 0.3) is 5.91 Å². The van der Waals surface area contributed by atoms with Gasteiger partial charge in [0.1, 0.15) is 11.5 Å². The first kappa shape index (κ1) is 21.0. The van der Waals surface area contributed by atoms with Crippen molar-refractivity contribution >= 4 is 34.1 Å². The summed E-state index contributed by atoms with van der Waals surface area (Å²) in [5.74, 6) is 1.02. The van der Waals surface area contributed by atoms with Gasteiger partial charge in [-0.25, -0.2) is 4.98 Å². The molecule has 1 N–H and O–H groups in total. The number of nitrogens with one attached hydrogen (secondary N) is 1. The van der Waals surface area contributed by atoms with E-state index in [0.29, 0.717) is 27.8 Å². The van der Waals surface area contributed by atoms with Gasteiger partial charge in [-0.1, -0.05) is 59.6 Å². The molecule has 3 aromatic carbocycles. The monoisotopic (exact) mass is 452 g/mol. The molecule has 2 heterocycles. The van der Waals surface area contributed by atoms with E-state index < -0.39 is 0 Å². The van der Waals surface area contributed by atoms with Crippen molar-refractivity contribution in [3.05, 3.63) is 107 Å². The molecule has 0 aliphatic heterocycles. The van der Waals surface area contributed by atoms with Gasteiger partial charge < -0.3 is 9.73 Å². The van der Waals surface area contributed by atoms with Crippen LogP contribution in [0.4, 0.5) is 5.69 Å². The number of carbonyl (C=O) groups excluding carboxylic acids is 1. The van der Waals surface area contributed by atoms with Crippen LogP contribution in [-0.4, -0.2) is 10.9 Å². The van der Waals surface area contributed by atoms with E-state index in [2.05, 4.69) is 5.32 Å². The van der Waals surface area contributed by atoms with Gasteiger partial charge in [-0.2, -0.15) is 0 Å². The van der Waals surface area contributed by atoms with E-state index in [1.54, 1.807) is 6.07 Å². The largest absolute Gasteiger partial charge is 0.454 e. The second-order valence-corrected chi connectivity index (χ2v) is 8.40. The summed E-state index contributed by atoms with van der Waals surface area (Å²) in [5.41, 5.74) is 5.58. The van der Waals surface area contributed by atoms with Crippen molar-refractivity contribution < 1.29 is 9.21 Å². The Morgan fingerprint density at radius 3 is 2.45 bits per heavy atom. The third-order valence-corrected chi connectivity index (χ3v) is 5.92. The van der Waals surface area contributed by atoms with Gasteiger partial charge in [-0.3, -0.25) is 4.79 Å². The summed E-state index contributed by atoms with van der Waals surface area (Å²) in [7, 11) is 0. The van der Waals surface area contributed by atoms with Gasteiger partial charge in [-0.05, 0) is 61.9 Å². The third kappa shape index (κ3) is 4.13. The topological polar surface area (TPSA) is 55.1 Å². The molecule has 4 nitrogen and oxygen atoms in total. The van der Waals surface area contributed by atoms with Crippen LogP contribution in [0.25, 0.3) is 33.7 Å². The molecular formula is C28H21ClN2O2. The highest BCUT2D eigenvalue weighted by Gasteiger charge is 2.17. The van der Waals surface area contributed by atoms with Gasteiger partial charge in [-0.15, -0.1) is 0 Å². The van der Waals surface area contributed by atoms with Crippen LogP contribution >= 0.6 is 11.6 Å². The van der Waals surface area contributed by atoms with E-state index in [1.165, 1.54) is 0 Å². The molecular weight excluding hydrogens is 432 g/mol. The van der Waals surface area contributed by atoms with E-state index in [4.69, 9.17) is 21.0 Å². The number of halogens is 1. The van der Waals surface area contributed by atoms with Crippen molar-refractivity contribution in [1.82, 2.24) is 4.98 Å². The normalized spacial score (nSPS) is 11.0. The Balaban J connectivity index is 1.57. The molecule has 0 radical (unpaired) electrons. The van der Waals surface area contributed by atoms with Crippen molar-refractivity contribution in [3.63, 3.8) is 0 Å². The number of pyridine rings is 1. The van der Waals surface area contributed by atoms with Gasteiger partial charge in [0.2, 0.25) is 0 Å². The first-order valence-electron chi connectivity index (χ1n) is 10.6. The Hall–Kier alpha value is -3.89. The number of aryl methyl sites for hydroxylation is 2. The Morgan fingerprint density at radius 1 is 0.879 bits per heavy atom. The number of hydrogen-bond acceptors (Lipinski definition) is 3. The molecule has 0 bridgehead atoms. The van der Waals surface area contributed by atoms with Crippen molar-refractivity contribution in [3.8, 4) is 22.8 Å². The first-order valence-corrected chi connectivity index (χ1v) is 11.0. The van der Waals surface area contributed by atoms with Crippen LogP contribution in [0.1, 0.15) is 21.5 Å². The van der Waals surface area contributed by atoms with E-state index in [1.807, 2.05) is 92.7 Å². The lowest BCUT2D eigenvalue weighted by atomic mass is 10.1. The fraction of sp³-hybridized carbons (Fsp3) is 0.0714. The molecule has 0 unspecified atom stereocenters. The molecule has 162 valence electrons. The maximum Gasteiger partial charge on any atom is 0.256 e. The van der Waals surface area contributed by atoms with Crippen LogP contribution in [0.2, 0.25) is 5.02 Å². The summed E-state index contributed by atoms with van der Waals surface area (Å²) >= 11 is 6.33. The maximum atomic E-state index is 13.3. The van der Waals surface area contributed by atoms with Crippen LogP contribution in [0.15, 0.2) is 89.3 Å². The van der Waals surface area contributed by atoms with Crippen LogP contribution in [-0.2, 0) is 0 Å². The summed E-state index contributed by atoms with van der Waals surface area (Å²) in [6.45, 7) is 4.01. The fourth-order valence-corrected chi connectivity index (χ4v) is 4.14. The van der Waals surface area contributed by atoms with Gasteiger partial charge in [0.15, 0.2) is 5.76 Å². The summed E-state index contributed by atoms with van der Waals surface area (Å²) in [5, 5.41) is 4.44. The van der Waals surface area contributed by atoms with E-state index in [-0.39, 0.29) is 5.91 Å². The number of aromatic nitrogens is 1. The molecule has 0 atom stereocenters. The number of amides is 1. The van der Waals surface area contributed by atoms with Gasteiger partial charge in [0.05, 0.1) is 16.1 Å². The number of anilines is 1. The van der Waals surface area contributed by atoms with Gasteiger partial charge in [0, 0.05) is 16.6 Å². The number of nitrogens with zero attached hydrogens (tertiary/aromatic N) is 1. The highest BCUT2D eigenvalue weighted by molar-refractivity contribution is 6.33. The molecule has 5 heteroatoms. The SMILES string of the molecule is Cc1ccc(NC(=O)c2cc(-c3ccc(-c4ccccc4Cl)o3)nc3ccccc23)c(C)c1. The second-order valence-electron chi connectivity index (χ2n) is 7.99. The quantitative estimate of drug-likeness (QED) is 0.304. The molecule has 0 aliphatic carbocycles. The fourth-order valence-electron chi connectivity index (χ4n) is 3.91. The number of fused-ring (bicyclic) bond motifs is 1. The summed E-state index contributed by atoms with van der Waals surface area (Å²) in [4.78, 5) is 18.1. The molecule has 0 saturated carbocycles. The summed E-state index contributed by atoms with van der Waals surface area (Å²) in [6.07, 6.45) is 0. The van der Waals surface area contributed by atoms with Crippen molar-refractivity contribution in [2.24, 2.45) is 0 Å². The molecule has 33 heavy (non-hydrogen) atoms. The number of rotatable bonds is 4. The minimum Gasteiger partial charge on any atom is -0.454 e.